The van der Waals surface area contributed by atoms with Gasteiger partial charge in [-0.25, -0.2) is 9.78 Å². The lowest BCUT2D eigenvalue weighted by Crippen LogP contribution is -2.04. The summed E-state index contributed by atoms with van der Waals surface area (Å²) in [5.41, 5.74) is 5.11. The van der Waals surface area contributed by atoms with Crippen LogP contribution in [-0.4, -0.2) is 15.0 Å². The van der Waals surface area contributed by atoms with Crippen LogP contribution in [0.2, 0.25) is 0 Å². The van der Waals surface area contributed by atoms with Crippen molar-refractivity contribution in [3.05, 3.63) is 16.7 Å². The van der Waals surface area contributed by atoms with Crippen LogP contribution in [0.4, 0.5) is 6.01 Å². The average molecular weight is 152 g/mol. The Bertz CT molecular complexity index is 443. The van der Waals surface area contributed by atoms with Gasteiger partial charge >= 0.3 is 5.63 Å². The molecule has 0 aliphatic rings. The second kappa shape index (κ2) is 1.82. The van der Waals surface area contributed by atoms with E-state index >= 15 is 0 Å². The zero-order chi connectivity index (χ0) is 7.84. The van der Waals surface area contributed by atoms with Crippen molar-refractivity contribution >= 4 is 17.2 Å². The molecule has 0 aliphatic carbocycles. The number of imidazole rings is 1. The zero-order valence-electron chi connectivity index (χ0n) is 5.37. The van der Waals surface area contributed by atoms with Crippen LogP contribution in [0, 0.1) is 0 Å². The molecular weight excluding hydrogens is 148 g/mol. The van der Waals surface area contributed by atoms with Crippen LogP contribution >= 0.6 is 0 Å². The van der Waals surface area contributed by atoms with Crippen LogP contribution in [0.3, 0.4) is 0 Å². The first-order chi connectivity index (χ1) is 5.27. The number of hydrogen-bond donors (Lipinski definition) is 2. The Labute approximate surface area is 60.1 Å². The lowest BCUT2D eigenvalue weighted by Gasteiger charge is -1.87. The van der Waals surface area contributed by atoms with Gasteiger partial charge in [-0.2, -0.15) is 4.98 Å². The molecule has 6 heteroatoms. The first kappa shape index (κ1) is 5.90. The van der Waals surface area contributed by atoms with E-state index in [-0.39, 0.29) is 17.2 Å². The monoisotopic (exact) mass is 152 g/mol. The Hall–Kier alpha value is -1.85. The van der Waals surface area contributed by atoms with Gasteiger partial charge in [-0.15, -0.1) is 0 Å². The van der Waals surface area contributed by atoms with Crippen molar-refractivity contribution in [3.8, 4) is 0 Å². The van der Waals surface area contributed by atoms with E-state index in [1.165, 1.54) is 6.33 Å². The van der Waals surface area contributed by atoms with Gasteiger partial charge in [0.2, 0.25) is 0 Å². The van der Waals surface area contributed by atoms with Gasteiger partial charge in [0.15, 0.2) is 11.2 Å². The minimum Gasteiger partial charge on any atom is -0.388 e. The maximum atomic E-state index is 10.9. The molecule has 56 valence electrons. The summed E-state index contributed by atoms with van der Waals surface area (Å²) in [7, 11) is 0. The van der Waals surface area contributed by atoms with Gasteiger partial charge in [-0.05, 0) is 0 Å². The quantitative estimate of drug-likeness (QED) is 0.530. The van der Waals surface area contributed by atoms with Gasteiger partial charge in [0, 0.05) is 0 Å². The third-order valence-electron chi connectivity index (χ3n) is 1.24. The summed E-state index contributed by atoms with van der Waals surface area (Å²) in [6.07, 6.45) is 1.36. The number of nitrogens with two attached hydrogens (primary N) is 1. The van der Waals surface area contributed by atoms with E-state index in [2.05, 4.69) is 19.4 Å². The van der Waals surface area contributed by atoms with E-state index in [4.69, 9.17) is 5.73 Å². The highest BCUT2D eigenvalue weighted by Crippen LogP contribution is 2.01. The molecule has 0 atom stereocenters. The minimum atomic E-state index is -0.551. The Morgan fingerprint density at radius 3 is 3.27 bits per heavy atom. The predicted octanol–water partition coefficient (Wildman–Crippen LogP) is -0.507. The van der Waals surface area contributed by atoms with Gasteiger partial charge < -0.3 is 15.1 Å². The minimum absolute atomic E-state index is 0.172. The number of nitrogen functional groups attached to an aromatic ring is 1. The van der Waals surface area contributed by atoms with Gasteiger partial charge in [0.25, 0.3) is 6.01 Å². The molecule has 3 N–H and O–H groups in total. The summed E-state index contributed by atoms with van der Waals surface area (Å²) in [6, 6.07) is -0.172. The third-order valence-corrected chi connectivity index (χ3v) is 1.24. The Balaban J connectivity index is 3.02. The van der Waals surface area contributed by atoms with E-state index in [1.807, 2.05) is 0 Å². The SMILES string of the molecule is Nc1nc2nc[nH]c2c(=O)o1. The van der Waals surface area contributed by atoms with Gasteiger partial charge in [-0.1, -0.05) is 0 Å². The maximum absolute atomic E-state index is 10.9. The number of hydrogen-bond acceptors (Lipinski definition) is 5. The smallest absolute Gasteiger partial charge is 0.366 e. The maximum Gasteiger partial charge on any atom is 0.366 e. The molecule has 0 fully saturated rings. The molecule has 0 saturated carbocycles. The van der Waals surface area contributed by atoms with Crippen molar-refractivity contribution in [2.24, 2.45) is 0 Å². The molecule has 0 bridgehead atoms. The Morgan fingerprint density at radius 2 is 2.45 bits per heavy atom. The topological polar surface area (TPSA) is 97.8 Å². The summed E-state index contributed by atoms with van der Waals surface area (Å²) in [4.78, 5) is 20.9. The number of H-pyrrole nitrogens is 1. The molecule has 0 aliphatic heterocycles. The number of anilines is 1. The molecule has 2 aromatic heterocycles. The third kappa shape index (κ3) is 0.759. The summed E-state index contributed by atoms with van der Waals surface area (Å²) >= 11 is 0. The lowest BCUT2D eigenvalue weighted by molar-refractivity contribution is 0.523. The fourth-order valence-corrected chi connectivity index (χ4v) is 0.795. The van der Waals surface area contributed by atoms with Crippen LogP contribution in [0.5, 0.6) is 0 Å². The van der Waals surface area contributed by atoms with Gasteiger partial charge in [-0.3, -0.25) is 0 Å². The van der Waals surface area contributed by atoms with E-state index < -0.39 is 5.63 Å². The molecule has 2 heterocycles. The number of fused-ring (bicyclic) bond motifs is 1. The molecule has 0 aromatic carbocycles. The van der Waals surface area contributed by atoms with Crippen molar-refractivity contribution < 1.29 is 4.42 Å². The number of aromatic nitrogens is 3. The van der Waals surface area contributed by atoms with Crippen LogP contribution < -0.4 is 11.4 Å². The molecule has 0 saturated heterocycles. The second-order valence-electron chi connectivity index (χ2n) is 1.94. The van der Waals surface area contributed by atoms with Crippen LogP contribution in [0.25, 0.3) is 11.2 Å². The summed E-state index contributed by atoms with van der Waals surface area (Å²) < 4.78 is 4.49. The molecule has 2 rings (SSSR count). The highest BCUT2D eigenvalue weighted by molar-refractivity contribution is 5.68. The lowest BCUT2D eigenvalue weighted by atomic mass is 10.6. The van der Waals surface area contributed by atoms with Crippen molar-refractivity contribution in [1.82, 2.24) is 15.0 Å². The van der Waals surface area contributed by atoms with E-state index in [9.17, 15) is 4.79 Å². The molecule has 6 nitrogen and oxygen atoms in total. The second-order valence-corrected chi connectivity index (χ2v) is 1.94. The summed E-state index contributed by atoms with van der Waals surface area (Å²) in [5, 5.41) is 0. The van der Waals surface area contributed by atoms with E-state index in [0.29, 0.717) is 0 Å². The van der Waals surface area contributed by atoms with Crippen molar-refractivity contribution in [3.63, 3.8) is 0 Å². The molecule has 2 aromatic rings. The van der Waals surface area contributed by atoms with Gasteiger partial charge in [0.05, 0.1) is 6.33 Å². The van der Waals surface area contributed by atoms with E-state index in [1.54, 1.807) is 0 Å². The van der Waals surface area contributed by atoms with E-state index in [0.717, 1.165) is 0 Å². The number of nitrogens with zero attached hydrogens (tertiary/aromatic N) is 2. The van der Waals surface area contributed by atoms with Crippen LogP contribution in [0.15, 0.2) is 15.5 Å². The van der Waals surface area contributed by atoms with Crippen molar-refractivity contribution in [2.45, 2.75) is 0 Å². The molecule has 0 spiro atoms. The normalized spacial score (nSPS) is 10.5. The van der Waals surface area contributed by atoms with Crippen LogP contribution in [-0.2, 0) is 0 Å². The largest absolute Gasteiger partial charge is 0.388 e. The molecule has 11 heavy (non-hydrogen) atoms. The number of aromatic amines is 1. The highest BCUT2D eigenvalue weighted by Gasteiger charge is 2.04. The highest BCUT2D eigenvalue weighted by atomic mass is 16.4. The first-order valence-corrected chi connectivity index (χ1v) is 2.87. The standard InChI is InChI=1S/C5H4N4O2/c6-5-9-3-2(4(10)11-5)7-1-8-3/h1H,(H2,6,9)(H,7,8). The fraction of sp³-hybridized carbons (Fsp3) is 0. The number of nitrogens with one attached hydrogen (secondary N) is 1. The molecule has 0 amide bonds. The zero-order valence-corrected chi connectivity index (χ0v) is 5.37. The predicted molar refractivity (Wildman–Crippen MR) is 36.8 cm³/mol. The van der Waals surface area contributed by atoms with Crippen LogP contribution in [0.1, 0.15) is 0 Å². The molecular formula is C5H4N4O2. The Kier molecular flexibility index (Phi) is 0.974. The average Bonchev–Trinajstić information content (AvgIpc) is 2.34. The van der Waals surface area contributed by atoms with Crippen molar-refractivity contribution in [2.75, 3.05) is 5.73 Å². The Morgan fingerprint density at radius 1 is 1.64 bits per heavy atom. The summed E-state index contributed by atoms with van der Waals surface area (Å²) in [6.45, 7) is 0. The fourth-order valence-electron chi connectivity index (χ4n) is 0.795. The van der Waals surface area contributed by atoms with Gasteiger partial charge in [0.1, 0.15) is 0 Å². The molecule has 0 radical (unpaired) electrons. The number of rotatable bonds is 0. The van der Waals surface area contributed by atoms with Crippen molar-refractivity contribution in [1.29, 1.82) is 0 Å². The first-order valence-electron chi connectivity index (χ1n) is 2.87. The summed E-state index contributed by atoms with van der Waals surface area (Å²) in [5.74, 6) is 0. The molecule has 0 unspecified atom stereocenters.